The van der Waals surface area contributed by atoms with Gasteiger partial charge in [-0.05, 0) is 37.9 Å². The van der Waals surface area contributed by atoms with E-state index in [4.69, 9.17) is 9.47 Å². The van der Waals surface area contributed by atoms with E-state index in [0.717, 1.165) is 13.0 Å². The number of halogens is 1. The average Bonchev–Trinajstić information content (AvgIpc) is 2.91. The quantitative estimate of drug-likeness (QED) is 0.820. The second-order valence-corrected chi connectivity index (χ2v) is 5.41. The maximum Gasteiger partial charge on any atom is 0.326 e. The first kappa shape index (κ1) is 15.8. The molecule has 1 aromatic carbocycles. The monoisotopic (exact) mass is 295 g/mol. The Kier molecular flexibility index (Phi) is 5.17. The fourth-order valence-corrected chi connectivity index (χ4v) is 2.80. The van der Waals surface area contributed by atoms with Crippen LogP contribution in [0.25, 0.3) is 0 Å². The van der Waals surface area contributed by atoms with Crippen molar-refractivity contribution in [1.82, 2.24) is 5.32 Å². The summed E-state index contributed by atoms with van der Waals surface area (Å²) in [4.78, 5) is 12.1. The normalized spacial score (nSPS) is 24.8. The number of rotatable bonds is 6. The predicted octanol–water partition coefficient (Wildman–Crippen LogP) is 2.67. The lowest BCUT2D eigenvalue weighted by molar-refractivity contribution is -0.148. The van der Waals surface area contributed by atoms with Crippen molar-refractivity contribution in [1.29, 1.82) is 0 Å². The Hall–Kier alpha value is -1.62. The van der Waals surface area contributed by atoms with Crippen LogP contribution >= 0.6 is 0 Å². The maximum absolute atomic E-state index is 13.6. The van der Waals surface area contributed by atoms with Gasteiger partial charge < -0.3 is 14.8 Å². The molecule has 0 spiro atoms. The minimum Gasteiger partial charge on any atom is -0.487 e. The maximum atomic E-state index is 13.6. The smallest absolute Gasteiger partial charge is 0.326 e. The molecule has 4 nitrogen and oxygen atoms in total. The summed E-state index contributed by atoms with van der Waals surface area (Å²) >= 11 is 0. The third kappa shape index (κ3) is 3.53. The summed E-state index contributed by atoms with van der Waals surface area (Å²) in [5.41, 5.74) is -0.708. The molecule has 1 fully saturated rings. The summed E-state index contributed by atoms with van der Waals surface area (Å²) in [6.45, 7) is 2.78. The molecule has 0 radical (unpaired) electrons. The molecule has 2 rings (SSSR count). The topological polar surface area (TPSA) is 47.6 Å². The Morgan fingerprint density at radius 2 is 2.24 bits per heavy atom. The highest BCUT2D eigenvalue weighted by atomic mass is 19.1. The van der Waals surface area contributed by atoms with Crippen LogP contribution in [0.2, 0.25) is 0 Å². The molecule has 0 saturated heterocycles. The Morgan fingerprint density at radius 3 is 2.90 bits per heavy atom. The van der Waals surface area contributed by atoms with Crippen LogP contribution in [-0.2, 0) is 9.53 Å². The number of benzene rings is 1. The van der Waals surface area contributed by atoms with Gasteiger partial charge in [0.15, 0.2) is 11.6 Å². The zero-order valence-corrected chi connectivity index (χ0v) is 12.5. The fraction of sp³-hybridized carbons (Fsp3) is 0.562. The van der Waals surface area contributed by atoms with Crippen molar-refractivity contribution in [2.75, 3.05) is 13.7 Å². The third-order valence-corrected chi connectivity index (χ3v) is 3.89. The molecule has 0 bridgehead atoms. The van der Waals surface area contributed by atoms with Gasteiger partial charge in [0.25, 0.3) is 0 Å². The van der Waals surface area contributed by atoms with Crippen molar-refractivity contribution in [3.8, 4) is 5.75 Å². The SMILES string of the molecule is CCCNC1(C(=O)OC)CCC(Oc2ccccc2F)C1. The highest BCUT2D eigenvalue weighted by molar-refractivity contribution is 5.81. The number of hydrogen-bond donors (Lipinski definition) is 1. The molecule has 0 aromatic heterocycles. The molecule has 1 saturated carbocycles. The second kappa shape index (κ2) is 6.89. The van der Waals surface area contributed by atoms with Gasteiger partial charge in [-0.1, -0.05) is 19.1 Å². The average molecular weight is 295 g/mol. The zero-order chi connectivity index (χ0) is 15.3. The van der Waals surface area contributed by atoms with Crippen LogP contribution in [0.1, 0.15) is 32.6 Å². The summed E-state index contributed by atoms with van der Waals surface area (Å²) in [5, 5.41) is 3.28. The van der Waals surface area contributed by atoms with E-state index >= 15 is 0 Å². The van der Waals surface area contributed by atoms with Crippen LogP contribution < -0.4 is 10.1 Å². The highest BCUT2D eigenvalue weighted by Gasteiger charge is 2.46. The van der Waals surface area contributed by atoms with Crippen LogP contribution in [0, 0.1) is 5.82 Å². The van der Waals surface area contributed by atoms with Crippen molar-refractivity contribution in [3.05, 3.63) is 30.1 Å². The molecule has 1 aliphatic carbocycles. The van der Waals surface area contributed by atoms with Gasteiger partial charge in [-0.15, -0.1) is 0 Å². The highest BCUT2D eigenvalue weighted by Crippen LogP contribution is 2.34. The van der Waals surface area contributed by atoms with Gasteiger partial charge in [0.1, 0.15) is 11.6 Å². The largest absolute Gasteiger partial charge is 0.487 e. The molecule has 21 heavy (non-hydrogen) atoms. The third-order valence-electron chi connectivity index (χ3n) is 3.89. The lowest BCUT2D eigenvalue weighted by atomic mass is 9.97. The number of para-hydroxylation sites is 1. The zero-order valence-electron chi connectivity index (χ0n) is 12.5. The van der Waals surface area contributed by atoms with Gasteiger partial charge in [0.05, 0.1) is 7.11 Å². The van der Waals surface area contributed by atoms with Crippen LogP contribution in [0.5, 0.6) is 5.75 Å². The number of carbonyl (C=O) groups excluding carboxylic acids is 1. The van der Waals surface area contributed by atoms with Gasteiger partial charge in [0, 0.05) is 6.42 Å². The number of nitrogens with one attached hydrogen (secondary N) is 1. The summed E-state index contributed by atoms with van der Waals surface area (Å²) in [6.07, 6.45) is 2.57. The van der Waals surface area contributed by atoms with Gasteiger partial charge in [-0.2, -0.15) is 0 Å². The van der Waals surface area contributed by atoms with Crippen LogP contribution in [0.3, 0.4) is 0 Å². The molecule has 1 aromatic rings. The lowest BCUT2D eigenvalue weighted by Crippen LogP contribution is -2.51. The Bertz CT molecular complexity index is 494. The van der Waals surface area contributed by atoms with E-state index in [1.165, 1.54) is 13.2 Å². The van der Waals surface area contributed by atoms with Crippen molar-refractivity contribution in [2.24, 2.45) is 0 Å². The van der Waals surface area contributed by atoms with E-state index in [1.807, 2.05) is 6.92 Å². The lowest BCUT2D eigenvalue weighted by Gasteiger charge is -2.27. The first-order valence-corrected chi connectivity index (χ1v) is 7.36. The summed E-state index contributed by atoms with van der Waals surface area (Å²) in [5.74, 6) is -0.413. The van der Waals surface area contributed by atoms with Crippen molar-refractivity contribution in [2.45, 2.75) is 44.2 Å². The molecule has 0 heterocycles. The summed E-state index contributed by atoms with van der Waals surface area (Å²) in [6, 6.07) is 6.33. The molecule has 0 aliphatic heterocycles. The molecule has 1 N–H and O–H groups in total. The summed E-state index contributed by atoms with van der Waals surface area (Å²) in [7, 11) is 1.39. The van der Waals surface area contributed by atoms with E-state index in [9.17, 15) is 9.18 Å². The van der Waals surface area contributed by atoms with Gasteiger partial charge in [-0.25, -0.2) is 4.39 Å². The molecule has 2 unspecified atom stereocenters. The van der Waals surface area contributed by atoms with Crippen molar-refractivity contribution in [3.63, 3.8) is 0 Å². The molecule has 1 aliphatic rings. The standard InChI is InChI=1S/C16H22FNO3/c1-3-10-18-16(15(19)20-2)9-8-12(11-16)21-14-7-5-4-6-13(14)17/h4-7,12,18H,3,8-11H2,1-2H3. The van der Waals surface area contributed by atoms with Gasteiger partial charge in [0.2, 0.25) is 0 Å². The Labute approximate surface area is 124 Å². The second-order valence-electron chi connectivity index (χ2n) is 5.41. The molecule has 2 atom stereocenters. The predicted molar refractivity (Wildman–Crippen MR) is 77.7 cm³/mol. The fourth-order valence-electron chi connectivity index (χ4n) is 2.80. The van der Waals surface area contributed by atoms with Crippen molar-refractivity contribution >= 4 is 5.97 Å². The Morgan fingerprint density at radius 1 is 1.48 bits per heavy atom. The summed E-state index contributed by atoms with van der Waals surface area (Å²) < 4.78 is 24.3. The number of hydrogen-bond acceptors (Lipinski definition) is 4. The first-order chi connectivity index (χ1) is 10.1. The number of carbonyl (C=O) groups is 1. The van der Waals surface area contributed by atoms with E-state index in [2.05, 4.69) is 5.32 Å². The van der Waals surface area contributed by atoms with Gasteiger partial charge in [-0.3, -0.25) is 4.79 Å². The molecule has 116 valence electrons. The van der Waals surface area contributed by atoms with E-state index in [0.29, 0.717) is 19.3 Å². The number of methoxy groups -OCH3 is 1. The molecular formula is C16H22FNO3. The van der Waals surface area contributed by atoms with Gasteiger partial charge >= 0.3 is 5.97 Å². The minimum absolute atomic E-state index is 0.189. The minimum atomic E-state index is -0.708. The van der Waals surface area contributed by atoms with Crippen molar-refractivity contribution < 1.29 is 18.7 Å². The van der Waals surface area contributed by atoms with E-state index < -0.39 is 5.54 Å². The van der Waals surface area contributed by atoms with E-state index in [1.54, 1.807) is 18.2 Å². The molecule has 0 amide bonds. The number of ether oxygens (including phenoxy) is 2. The van der Waals surface area contributed by atoms with E-state index in [-0.39, 0.29) is 23.6 Å². The number of esters is 1. The Balaban J connectivity index is 2.06. The molecule has 5 heteroatoms. The van der Waals surface area contributed by atoms with Crippen LogP contribution in [0.15, 0.2) is 24.3 Å². The first-order valence-electron chi connectivity index (χ1n) is 7.36. The van der Waals surface area contributed by atoms with Crippen LogP contribution in [-0.4, -0.2) is 31.3 Å². The molecular weight excluding hydrogens is 273 g/mol. The van der Waals surface area contributed by atoms with Crippen LogP contribution in [0.4, 0.5) is 4.39 Å².